The van der Waals surface area contributed by atoms with Crippen LogP contribution in [0.25, 0.3) is 0 Å². The molecule has 0 bridgehead atoms. The third kappa shape index (κ3) is 9.12. The lowest BCUT2D eigenvalue weighted by Gasteiger charge is -2.17. The summed E-state index contributed by atoms with van der Waals surface area (Å²) in [4.78, 5) is 17.7. The zero-order valence-corrected chi connectivity index (χ0v) is 18.6. The van der Waals surface area contributed by atoms with Crippen molar-refractivity contribution < 1.29 is 14.3 Å². The van der Waals surface area contributed by atoms with E-state index in [2.05, 4.69) is 15.6 Å². The fourth-order valence-corrected chi connectivity index (χ4v) is 2.04. The number of methoxy groups -OCH3 is 1. The number of guanidine groups is 1. The molecule has 2 N–H and O–H groups in total. The second-order valence-corrected chi connectivity index (χ2v) is 5.76. The molecule has 1 aromatic rings. The fourth-order valence-electron chi connectivity index (χ4n) is 2.04. The van der Waals surface area contributed by atoms with Crippen molar-refractivity contribution in [3.63, 3.8) is 0 Å². The lowest BCUT2D eigenvalue weighted by Crippen LogP contribution is -2.39. The van der Waals surface area contributed by atoms with Gasteiger partial charge in [0.2, 0.25) is 5.91 Å². The van der Waals surface area contributed by atoms with Crippen LogP contribution >= 0.6 is 24.0 Å². The first kappa shape index (κ1) is 24.3. The number of hydrogen-bond acceptors (Lipinski definition) is 4. The van der Waals surface area contributed by atoms with E-state index in [4.69, 9.17) is 9.47 Å². The number of para-hydroxylation sites is 2. The molecule has 0 fully saturated rings. The van der Waals surface area contributed by atoms with Crippen molar-refractivity contribution in [1.82, 2.24) is 15.5 Å². The normalized spacial score (nSPS) is 11.8. The van der Waals surface area contributed by atoms with Crippen LogP contribution < -0.4 is 20.1 Å². The van der Waals surface area contributed by atoms with Crippen LogP contribution in [0.4, 0.5) is 0 Å². The zero-order valence-electron chi connectivity index (χ0n) is 16.2. The smallest absolute Gasteiger partial charge is 0.223 e. The molecule has 1 rings (SSSR count). The van der Waals surface area contributed by atoms with E-state index in [-0.39, 0.29) is 36.0 Å². The average Bonchev–Trinajstić information content (AvgIpc) is 2.59. The van der Waals surface area contributed by atoms with E-state index >= 15 is 0 Å². The van der Waals surface area contributed by atoms with E-state index in [1.54, 1.807) is 26.1 Å². The highest BCUT2D eigenvalue weighted by Gasteiger charge is 2.09. The first-order valence-corrected chi connectivity index (χ1v) is 8.49. The van der Waals surface area contributed by atoms with Crippen LogP contribution in [0.3, 0.4) is 0 Å². The summed E-state index contributed by atoms with van der Waals surface area (Å²) in [5.74, 6) is 2.15. The van der Waals surface area contributed by atoms with Crippen LogP contribution in [-0.4, -0.2) is 63.7 Å². The first-order chi connectivity index (χ1) is 12.0. The van der Waals surface area contributed by atoms with Gasteiger partial charge in [-0.2, -0.15) is 0 Å². The van der Waals surface area contributed by atoms with Gasteiger partial charge in [0, 0.05) is 33.6 Å². The zero-order chi connectivity index (χ0) is 18.7. The van der Waals surface area contributed by atoms with Gasteiger partial charge in [-0.05, 0) is 26.0 Å². The summed E-state index contributed by atoms with van der Waals surface area (Å²) in [6.07, 6.45) is 0.306. The lowest BCUT2D eigenvalue weighted by atomic mass is 10.3. The van der Waals surface area contributed by atoms with Crippen LogP contribution in [0.1, 0.15) is 20.3 Å². The summed E-state index contributed by atoms with van der Waals surface area (Å²) in [5, 5.41) is 6.32. The molecule has 0 aliphatic rings. The number of ether oxygens (including phenoxy) is 2. The molecule has 0 aromatic heterocycles. The third-order valence-electron chi connectivity index (χ3n) is 3.38. The molecule has 26 heavy (non-hydrogen) atoms. The van der Waals surface area contributed by atoms with Gasteiger partial charge in [0.1, 0.15) is 6.10 Å². The van der Waals surface area contributed by atoms with Crippen molar-refractivity contribution in [2.45, 2.75) is 26.4 Å². The molecule has 0 aliphatic heterocycles. The van der Waals surface area contributed by atoms with Crippen LogP contribution in [0.15, 0.2) is 29.3 Å². The van der Waals surface area contributed by atoms with Gasteiger partial charge >= 0.3 is 0 Å². The maximum Gasteiger partial charge on any atom is 0.223 e. The van der Waals surface area contributed by atoms with Crippen molar-refractivity contribution in [3.05, 3.63) is 24.3 Å². The molecule has 1 amide bonds. The Balaban J connectivity index is 0.00000625. The van der Waals surface area contributed by atoms with Gasteiger partial charge in [-0.1, -0.05) is 12.1 Å². The van der Waals surface area contributed by atoms with Gasteiger partial charge < -0.3 is 25.0 Å². The summed E-state index contributed by atoms with van der Waals surface area (Å²) in [5.41, 5.74) is 0. The highest BCUT2D eigenvalue weighted by atomic mass is 127. The van der Waals surface area contributed by atoms with E-state index < -0.39 is 0 Å². The summed E-state index contributed by atoms with van der Waals surface area (Å²) in [6, 6.07) is 7.53. The Hall–Kier alpha value is -1.71. The average molecular weight is 478 g/mol. The maximum absolute atomic E-state index is 11.6. The molecule has 1 unspecified atom stereocenters. The fraction of sp³-hybridized carbons (Fsp3) is 0.556. The Bertz CT molecular complexity index is 567. The number of benzene rings is 1. The van der Waals surface area contributed by atoms with E-state index in [1.807, 2.05) is 38.1 Å². The van der Waals surface area contributed by atoms with Crippen LogP contribution in [0.5, 0.6) is 11.5 Å². The summed E-state index contributed by atoms with van der Waals surface area (Å²) in [6.45, 7) is 5.71. The molecule has 8 heteroatoms. The van der Waals surface area contributed by atoms with Gasteiger partial charge in [0.25, 0.3) is 0 Å². The quantitative estimate of drug-likeness (QED) is 0.323. The van der Waals surface area contributed by atoms with E-state index in [1.165, 1.54) is 0 Å². The highest BCUT2D eigenvalue weighted by Crippen LogP contribution is 2.26. The molecule has 0 aliphatic carbocycles. The number of nitrogens with zero attached hydrogens (tertiary/aromatic N) is 2. The van der Waals surface area contributed by atoms with Crippen LogP contribution in [-0.2, 0) is 4.79 Å². The van der Waals surface area contributed by atoms with Crippen molar-refractivity contribution in [2.75, 3.05) is 40.8 Å². The summed E-state index contributed by atoms with van der Waals surface area (Å²) >= 11 is 0. The molecular weight excluding hydrogens is 447 g/mol. The Kier molecular flexibility index (Phi) is 12.6. The van der Waals surface area contributed by atoms with Crippen LogP contribution in [0, 0.1) is 0 Å². The molecule has 0 radical (unpaired) electrons. The lowest BCUT2D eigenvalue weighted by molar-refractivity contribution is -0.128. The molecule has 1 aromatic carbocycles. The Morgan fingerprint density at radius 3 is 2.46 bits per heavy atom. The summed E-state index contributed by atoms with van der Waals surface area (Å²) < 4.78 is 11.2. The minimum Gasteiger partial charge on any atom is -0.493 e. The Morgan fingerprint density at radius 2 is 1.88 bits per heavy atom. The predicted octanol–water partition coefficient (Wildman–Crippen LogP) is 2.11. The van der Waals surface area contributed by atoms with Crippen molar-refractivity contribution in [3.8, 4) is 11.5 Å². The molecule has 0 spiro atoms. The van der Waals surface area contributed by atoms with E-state index in [9.17, 15) is 4.79 Å². The number of aliphatic imine (C=N–C) groups is 1. The Morgan fingerprint density at radius 1 is 1.23 bits per heavy atom. The Labute approximate surface area is 173 Å². The predicted molar refractivity (Wildman–Crippen MR) is 116 cm³/mol. The number of nitrogens with one attached hydrogen (secondary N) is 2. The molecule has 1 atom stereocenters. The highest BCUT2D eigenvalue weighted by molar-refractivity contribution is 14.0. The van der Waals surface area contributed by atoms with Crippen molar-refractivity contribution in [1.29, 1.82) is 0 Å². The van der Waals surface area contributed by atoms with Gasteiger partial charge in [0.15, 0.2) is 17.5 Å². The number of carbonyl (C=O) groups excluding carboxylic acids is 1. The SMILES string of the molecule is CCNC(=NCC(C)Oc1ccccc1OC)NCCC(=O)N(C)C.I. The second kappa shape index (κ2) is 13.5. The number of rotatable bonds is 9. The summed E-state index contributed by atoms with van der Waals surface area (Å²) in [7, 11) is 5.12. The number of amides is 1. The van der Waals surface area contributed by atoms with E-state index in [0.29, 0.717) is 37.0 Å². The number of halogens is 1. The molecule has 0 saturated heterocycles. The monoisotopic (exact) mass is 478 g/mol. The van der Waals surface area contributed by atoms with Crippen LogP contribution in [0.2, 0.25) is 0 Å². The van der Waals surface area contributed by atoms with Gasteiger partial charge in [0.05, 0.1) is 13.7 Å². The number of carbonyl (C=O) groups is 1. The van der Waals surface area contributed by atoms with Gasteiger partial charge in [-0.15, -0.1) is 24.0 Å². The van der Waals surface area contributed by atoms with Crippen molar-refractivity contribution in [2.24, 2.45) is 4.99 Å². The van der Waals surface area contributed by atoms with Gasteiger partial charge in [-0.25, -0.2) is 4.99 Å². The molecular formula is C18H31IN4O3. The van der Waals surface area contributed by atoms with E-state index in [0.717, 1.165) is 6.54 Å². The van der Waals surface area contributed by atoms with Gasteiger partial charge in [-0.3, -0.25) is 4.79 Å². The molecule has 7 nitrogen and oxygen atoms in total. The third-order valence-corrected chi connectivity index (χ3v) is 3.38. The minimum atomic E-state index is -0.116. The topological polar surface area (TPSA) is 75.2 Å². The second-order valence-electron chi connectivity index (χ2n) is 5.76. The maximum atomic E-state index is 11.6. The standard InChI is InChI=1S/C18H30N4O3.HI/c1-6-19-18(20-12-11-17(23)22(3)4)21-13-14(2)25-16-10-8-7-9-15(16)24-5;/h7-10,14H,6,11-13H2,1-5H3,(H2,19,20,21);1H. The first-order valence-electron chi connectivity index (χ1n) is 8.49. The number of hydrogen-bond donors (Lipinski definition) is 2. The molecule has 0 heterocycles. The van der Waals surface area contributed by atoms with Crippen molar-refractivity contribution >= 4 is 35.8 Å². The molecule has 0 saturated carbocycles. The minimum absolute atomic E-state index is 0. The molecule has 148 valence electrons. The largest absolute Gasteiger partial charge is 0.493 e.